The van der Waals surface area contributed by atoms with Crippen molar-refractivity contribution in [3.8, 4) is 11.8 Å². The SMILES string of the molecule is CC(C)CNS(=O)(=O)NCc1sccc1C#CCN. The standard InChI is InChI=1S/C12H19N3O2S2/c1-10(2)8-14-19(16,17)15-9-12-11(4-3-6-13)5-7-18-12/h5,7,10,14-15H,6,8-9,13H2,1-2H3. The van der Waals surface area contributed by atoms with Gasteiger partial charge in [-0.25, -0.2) is 4.72 Å². The minimum atomic E-state index is -3.46. The fraction of sp³-hybridized carbons (Fsp3) is 0.500. The van der Waals surface area contributed by atoms with Crippen LogP contribution in [0.2, 0.25) is 0 Å². The van der Waals surface area contributed by atoms with E-state index in [0.29, 0.717) is 6.54 Å². The van der Waals surface area contributed by atoms with E-state index >= 15 is 0 Å². The summed E-state index contributed by atoms with van der Waals surface area (Å²) in [5.74, 6) is 5.95. The Kier molecular flexibility index (Phi) is 6.48. The lowest BCUT2D eigenvalue weighted by molar-refractivity contribution is 0.547. The molecule has 1 aromatic rings. The highest BCUT2D eigenvalue weighted by Crippen LogP contribution is 2.15. The van der Waals surface area contributed by atoms with Crippen molar-refractivity contribution in [1.82, 2.24) is 9.44 Å². The van der Waals surface area contributed by atoms with Crippen LogP contribution < -0.4 is 15.2 Å². The van der Waals surface area contributed by atoms with Gasteiger partial charge in [0, 0.05) is 23.5 Å². The molecular formula is C12H19N3O2S2. The summed E-state index contributed by atoms with van der Waals surface area (Å²) in [7, 11) is -3.46. The van der Waals surface area contributed by atoms with Crippen molar-refractivity contribution < 1.29 is 8.42 Å². The molecule has 5 nitrogen and oxygen atoms in total. The summed E-state index contributed by atoms with van der Waals surface area (Å²) in [6.45, 7) is 4.83. The lowest BCUT2D eigenvalue weighted by atomic mass is 10.2. The summed E-state index contributed by atoms with van der Waals surface area (Å²) in [6.07, 6.45) is 0. The van der Waals surface area contributed by atoms with Crippen LogP contribution >= 0.6 is 11.3 Å². The third-order valence-electron chi connectivity index (χ3n) is 2.17. The van der Waals surface area contributed by atoms with Crippen LogP contribution in [-0.4, -0.2) is 21.5 Å². The zero-order chi connectivity index (χ0) is 14.3. The maximum atomic E-state index is 11.7. The molecule has 0 aliphatic carbocycles. The molecule has 106 valence electrons. The van der Waals surface area contributed by atoms with E-state index in [9.17, 15) is 8.42 Å². The Bertz CT molecular complexity index is 553. The van der Waals surface area contributed by atoms with E-state index in [4.69, 9.17) is 5.73 Å². The number of hydrogen-bond donors (Lipinski definition) is 3. The molecule has 19 heavy (non-hydrogen) atoms. The summed E-state index contributed by atoms with van der Waals surface area (Å²) in [5, 5.41) is 1.88. The van der Waals surface area contributed by atoms with E-state index in [1.54, 1.807) is 0 Å². The van der Waals surface area contributed by atoms with Crippen molar-refractivity contribution in [2.24, 2.45) is 11.7 Å². The van der Waals surface area contributed by atoms with Gasteiger partial charge in [-0.3, -0.25) is 0 Å². The molecule has 0 fully saturated rings. The van der Waals surface area contributed by atoms with Gasteiger partial charge >= 0.3 is 0 Å². The smallest absolute Gasteiger partial charge is 0.277 e. The van der Waals surface area contributed by atoms with Crippen molar-refractivity contribution >= 4 is 21.5 Å². The van der Waals surface area contributed by atoms with Crippen LogP contribution in [0.5, 0.6) is 0 Å². The Morgan fingerprint density at radius 3 is 2.79 bits per heavy atom. The maximum Gasteiger partial charge on any atom is 0.277 e. The molecule has 0 bridgehead atoms. The topological polar surface area (TPSA) is 84.2 Å². The van der Waals surface area contributed by atoms with Crippen LogP contribution in [0.4, 0.5) is 0 Å². The Hall–Kier alpha value is -0.910. The normalized spacial score (nSPS) is 11.4. The first-order chi connectivity index (χ1) is 8.94. The molecule has 1 rings (SSSR count). The molecule has 0 aliphatic heterocycles. The molecule has 0 aromatic carbocycles. The highest BCUT2D eigenvalue weighted by molar-refractivity contribution is 7.87. The van der Waals surface area contributed by atoms with Gasteiger partial charge in [0.2, 0.25) is 0 Å². The van der Waals surface area contributed by atoms with Crippen LogP contribution in [-0.2, 0) is 16.8 Å². The average molecular weight is 301 g/mol. The molecule has 0 unspecified atom stereocenters. The molecule has 0 saturated carbocycles. The van der Waals surface area contributed by atoms with Gasteiger partial charge in [0.25, 0.3) is 10.2 Å². The minimum absolute atomic E-state index is 0.236. The summed E-state index contributed by atoms with van der Waals surface area (Å²) < 4.78 is 28.4. The molecule has 7 heteroatoms. The van der Waals surface area contributed by atoms with Crippen molar-refractivity contribution in [2.45, 2.75) is 20.4 Å². The molecule has 0 spiro atoms. The van der Waals surface area contributed by atoms with Gasteiger partial charge in [0.1, 0.15) is 0 Å². The second-order valence-corrected chi connectivity index (χ2v) is 6.92. The predicted molar refractivity (Wildman–Crippen MR) is 78.9 cm³/mol. The molecule has 0 atom stereocenters. The van der Waals surface area contributed by atoms with Crippen LogP contribution in [0.1, 0.15) is 24.3 Å². The quantitative estimate of drug-likeness (QED) is 0.674. The summed E-state index contributed by atoms with van der Waals surface area (Å²) in [4.78, 5) is 0.885. The lowest BCUT2D eigenvalue weighted by Gasteiger charge is -2.09. The zero-order valence-electron chi connectivity index (χ0n) is 11.1. The van der Waals surface area contributed by atoms with E-state index in [1.165, 1.54) is 11.3 Å². The molecule has 0 amide bonds. The Labute approximate surface area is 118 Å². The third-order valence-corrected chi connectivity index (χ3v) is 4.17. The number of hydrogen-bond acceptors (Lipinski definition) is 4. The first-order valence-corrected chi connectivity index (χ1v) is 8.30. The predicted octanol–water partition coefficient (Wildman–Crippen LogP) is 0.638. The maximum absolute atomic E-state index is 11.7. The number of rotatable bonds is 6. The number of thiophene rings is 1. The largest absolute Gasteiger partial charge is 0.320 e. The highest BCUT2D eigenvalue weighted by atomic mass is 32.2. The van der Waals surface area contributed by atoms with Crippen molar-refractivity contribution in [1.29, 1.82) is 0 Å². The number of nitrogens with one attached hydrogen (secondary N) is 2. The molecule has 1 aromatic heterocycles. The molecule has 0 aliphatic rings. The van der Waals surface area contributed by atoms with Crippen molar-refractivity contribution in [3.63, 3.8) is 0 Å². The molecule has 4 N–H and O–H groups in total. The van der Waals surface area contributed by atoms with Gasteiger partial charge < -0.3 is 5.73 Å². The molecule has 0 saturated heterocycles. The molecule has 0 radical (unpaired) electrons. The van der Waals surface area contributed by atoms with E-state index < -0.39 is 10.2 Å². The zero-order valence-corrected chi connectivity index (χ0v) is 12.7. The van der Waals surface area contributed by atoms with Gasteiger partial charge in [-0.15, -0.1) is 11.3 Å². The molecule has 1 heterocycles. The molecular weight excluding hydrogens is 282 g/mol. The van der Waals surface area contributed by atoms with Crippen molar-refractivity contribution in [2.75, 3.05) is 13.1 Å². The van der Waals surface area contributed by atoms with Crippen LogP contribution in [0.15, 0.2) is 11.4 Å². The summed E-state index contributed by atoms with van der Waals surface area (Å²) in [6, 6.07) is 1.86. The lowest BCUT2D eigenvalue weighted by Crippen LogP contribution is -2.37. The third kappa shape index (κ3) is 6.18. The number of nitrogens with two attached hydrogens (primary N) is 1. The average Bonchev–Trinajstić information content (AvgIpc) is 2.79. The van der Waals surface area contributed by atoms with E-state index in [1.807, 2.05) is 25.3 Å². The van der Waals surface area contributed by atoms with Gasteiger partial charge in [-0.2, -0.15) is 13.1 Å². The van der Waals surface area contributed by atoms with E-state index in [2.05, 4.69) is 21.3 Å². The monoisotopic (exact) mass is 301 g/mol. The first-order valence-electron chi connectivity index (χ1n) is 5.94. The van der Waals surface area contributed by atoms with E-state index in [-0.39, 0.29) is 19.0 Å². The van der Waals surface area contributed by atoms with Crippen molar-refractivity contribution in [3.05, 3.63) is 21.9 Å². The van der Waals surface area contributed by atoms with Gasteiger partial charge in [0.15, 0.2) is 0 Å². The Balaban J connectivity index is 2.59. The van der Waals surface area contributed by atoms with E-state index in [0.717, 1.165) is 10.4 Å². The van der Waals surface area contributed by atoms with Crippen LogP contribution in [0, 0.1) is 17.8 Å². The first kappa shape index (κ1) is 16.1. The Morgan fingerprint density at radius 2 is 2.16 bits per heavy atom. The highest BCUT2D eigenvalue weighted by Gasteiger charge is 2.11. The fourth-order valence-corrected chi connectivity index (χ4v) is 3.07. The van der Waals surface area contributed by atoms with Crippen LogP contribution in [0.25, 0.3) is 0 Å². The fourth-order valence-electron chi connectivity index (χ4n) is 1.22. The van der Waals surface area contributed by atoms with Gasteiger partial charge in [0.05, 0.1) is 6.54 Å². The minimum Gasteiger partial charge on any atom is -0.320 e. The van der Waals surface area contributed by atoms with Gasteiger partial charge in [-0.1, -0.05) is 25.7 Å². The second-order valence-electron chi connectivity index (χ2n) is 4.33. The summed E-state index contributed by atoms with van der Waals surface area (Å²) >= 11 is 1.47. The van der Waals surface area contributed by atoms with Crippen LogP contribution in [0.3, 0.4) is 0 Å². The van der Waals surface area contributed by atoms with Gasteiger partial charge in [-0.05, 0) is 17.4 Å². The second kappa shape index (κ2) is 7.62. The Morgan fingerprint density at radius 1 is 1.42 bits per heavy atom. The summed E-state index contributed by atoms with van der Waals surface area (Å²) in [5.41, 5.74) is 6.14.